The van der Waals surface area contributed by atoms with E-state index in [0.29, 0.717) is 24.5 Å². The molecule has 0 fully saturated rings. The molecule has 7 heteroatoms. The number of alkyl halides is 3. The number of thioether (sulfide) groups is 1. The van der Waals surface area contributed by atoms with Crippen molar-refractivity contribution in [2.75, 3.05) is 26.0 Å². The van der Waals surface area contributed by atoms with Crippen molar-refractivity contribution < 1.29 is 22.6 Å². The number of halogens is 3. The molecule has 0 aromatic heterocycles. The third-order valence-corrected chi connectivity index (χ3v) is 2.99. The quantitative estimate of drug-likeness (QED) is 0.786. The Morgan fingerprint density at radius 3 is 2.63 bits per heavy atom. The summed E-state index contributed by atoms with van der Waals surface area (Å²) in [6.07, 6.45) is 0.582. The second-order valence-electron chi connectivity index (χ2n) is 3.63. The number of para-hydroxylation sites is 1. The Morgan fingerprint density at radius 2 is 2.05 bits per heavy atom. The summed E-state index contributed by atoms with van der Waals surface area (Å²) < 4.78 is 46.5. The zero-order chi connectivity index (χ0) is 14.3. The number of ether oxygens (including phenoxy) is 2. The van der Waals surface area contributed by atoms with Crippen LogP contribution in [-0.4, -0.2) is 31.5 Å². The lowest BCUT2D eigenvalue weighted by Crippen LogP contribution is -2.10. The smallest absolute Gasteiger partial charge is 0.441 e. The lowest BCUT2D eigenvalue weighted by molar-refractivity contribution is -0.0329. The molecule has 0 radical (unpaired) electrons. The van der Waals surface area contributed by atoms with Crippen molar-refractivity contribution in [1.29, 1.82) is 0 Å². The fourth-order valence-electron chi connectivity index (χ4n) is 1.54. The summed E-state index contributed by atoms with van der Waals surface area (Å²) in [6.45, 7) is 0.392. The van der Waals surface area contributed by atoms with Crippen molar-refractivity contribution in [3.05, 3.63) is 23.8 Å². The van der Waals surface area contributed by atoms with Gasteiger partial charge in [0.05, 0.1) is 13.7 Å². The zero-order valence-corrected chi connectivity index (χ0v) is 11.3. The van der Waals surface area contributed by atoms with Crippen LogP contribution in [0.3, 0.4) is 0 Å². The van der Waals surface area contributed by atoms with Crippen molar-refractivity contribution >= 4 is 11.8 Å². The molecule has 0 heterocycles. The molecule has 0 aliphatic heterocycles. The Morgan fingerprint density at radius 1 is 1.32 bits per heavy atom. The third-order valence-electron chi connectivity index (χ3n) is 2.29. The lowest BCUT2D eigenvalue weighted by atomic mass is 10.1. The molecular formula is C12H16F3NO2S. The van der Waals surface area contributed by atoms with Gasteiger partial charge in [0.15, 0.2) is 11.5 Å². The first-order valence-corrected chi connectivity index (χ1v) is 6.66. The van der Waals surface area contributed by atoms with Crippen molar-refractivity contribution in [2.24, 2.45) is 5.73 Å². The summed E-state index contributed by atoms with van der Waals surface area (Å²) in [6, 6.07) is 5.31. The van der Waals surface area contributed by atoms with Crippen LogP contribution in [0.15, 0.2) is 18.2 Å². The highest BCUT2D eigenvalue weighted by Gasteiger charge is 2.27. The first kappa shape index (κ1) is 16.0. The van der Waals surface area contributed by atoms with E-state index in [2.05, 4.69) is 0 Å². The molecule has 0 saturated carbocycles. The largest absolute Gasteiger partial charge is 0.493 e. The van der Waals surface area contributed by atoms with Gasteiger partial charge in [-0.1, -0.05) is 12.1 Å². The van der Waals surface area contributed by atoms with Gasteiger partial charge in [0.2, 0.25) is 0 Å². The molecule has 0 atom stereocenters. The van der Waals surface area contributed by atoms with Crippen molar-refractivity contribution in [2.45, 2.75) is 11.9 Å². The molecule has 2 N–H and O–H groups in total. The normalized spacial score (nSPS) is 11.4. The molecule has 0 unspecified atom stereocenters. The molecule has 3 nitrogen and oxygen atoms in total. The van der Waals surface area contributed by atoms with Crippen LogP contribution >= 0.6 is 11.8 Å². The Kier molecular flexibility index (Phi) is 6.30. The standard InChI is InChI=1S/C12H16F3NO2S/c1-17-10-4-2-3-9(5-6-16)11(10)18-7-8-19-12(13,14)15/h2-4H,5-8,16H2,1H3. The minimum absolute atomic E-state index is 0.0396. The first-order valence-electron chi connectivity index (χ1n) is 5.67. The fourth-order valence-corrected chi connectivity index (χ4v) is 1.94. The Labute approximate surface area is 114 Å². The van der Waals surface area contributed by atoms with Gasteiger partial charge in [-0.15, -0.1) is 0 Å². The van der Waals surface area contributed by atoms with Crippen LogP contribution in [0.2, 0.25) is 0 Å². The number of nitrogens with two attached hydrogens (primary N) is 1. The number of hydrogen-bond donors (Lipinski definition) is 1. The third kappa shape index (κ3) is 5.61. The number of hydrogen-bond acceptors (Lipinski definition) is 4. The fraction of sp³-hybridized carbons (Fsp3) is 0.500. The predicted molar refractivity (Wildman–Crippen MR) is 69.8 cm³/mol. The van der Waals surface area contributed by atoms with Crippen LogP contribution < -0.4 is 15.2 Å². The topological polar surface area (TPSA) is 44.5 Å². The van der Waals surface area contributed by atoms with Gasteiger partial charge >= 0.3 is 5.51 Å². The maximum atomic E-state index is 12.0. The van der Waals surface area contributed by atoms with Crippen LogP contribution in [0.4, 0.5) is 13.2 Å². The summed E-state index contributed by atoms with van der Waals surface area (Å²) in [5, 5.41) is 0. The van der Waals surface area contributed by atoms with Crippen LogP contribution in [0.25, 0.3) is 0 Å². The van der Waals surface area contributed by atoms with Crippen LogP contribution in [0.5, 0.6) is 11.5 Å². The molecule has 0 aliphatic carbocycles. The number of methoxy groups -OCH3 is 1. The molecule has 1 aromatic rings. The summed E-state index contributed by atoms with van der Waals surface area (Å²) in [5.41, 5.74) is 2.08. The highest BCUT2D eigenvalue weighted by Crippen LogP contribution is 2.33. The molecule has 1 aromatic carbocycles. The summed E-state index contributed by atoms with van der Waals surface area (Å²) >= 11 is -0.105. The Hall–Kier alpha value is -1.08. The van der Waals surface area contributed by atoms with Gasteiger partial charge in [0.25, 0.3) is 0 Å². The van der Waals surface area contributed by atoms with E-state index >= 15 is 0 Å². The summed E-state index contributed by atoms with van der Waals surface area (Å²) in [5.74, 6) is 0.810. The molecule has 108 valence electrons. The van der Waals surface area contributed by atoms with Crippen molar-refractivity contribution in [3.63, 3.8) is 0 Å². The average molecular weight is 295 g/mol. The minimum Gasteiger partial charge on any atom is -0.493 e. The van der Waals surface area contributed by atoms with Crippen molar-refractivity contribution in [3.8, 4) is 11.5 Å². The van der Waals surface area contributed by atoms with E-state index in [1.54, 1.807) is 12.1 Å². The van der Waals surface area contributed by atoms with Gasteiger partial charge in [-0.25, -0.2) is 0 Å². The van der Waals surface area contributed by atoms with Gasteiger partial charge in [-0.2, -0.15) is 13.2 Å². The zero-order valence-electron chi connectivity index (χ0n) is 10.5. The van der Waals surface area contributed by atoms with Gasteiger partial charge < -0.3 is 15.2 Å². The average Bonchev–Trinajstić information content (AvgIpc) is 2.35. The predicted octanol–water partition coefficient (Wildman–Crippen LogP) is 2.83. The molecule has 0 aliphatic rings. The van der Waals surface area contributed by atoms with Gasteiger partial charge in [-0.05, 0) is 36.4 Å². The first-order chi connectivity index (χ1) is 8.98. The van der Waals surface area contributed by atoms with Crippen LogP contribution in [-0.2, 0) is 6.42 Å². The van der Waals surface area contributed by atoms with E-state index in [9.17, 15) is 13.2 Å². The summed E-state index contributed by atoms with van der Waals surface area (Å²) in [4.78, 5) is 0. The second-order valence-corrected chi connectivity index (χ2v) is 4.79. The minimum atomic E-state index is -4.23. The molecule has 19 heavy (non-hydrogen) atoms. The maximum Gasteiger partial charge on any atom is 0.441 e. The molecule has 0 bridgehead atoms. The molecular weight excluding hydrogens is 279 g/mol. The Balaban J connectivity index is 2.64. The van der Waals surface area contributed by atoms with E-state index in [4.69, 9.17) is 15.2 Å². The molecule has 0 saturated heterocycles. The van der Waals surface area contributed by atoms with E-state index in [0.717, 1.165) is 5.56 Å². The maximum absolute atomic E-state index is 12.0. The number of rotatable bonds is 7. The van der Waals surface area contributed by atoms with E-state index in [1.165, 1.54) is 7.11 Å². The highest BCUT2D eigenvalue weighted by atomic mass is 32.2. The van der Waals surface area contributed by atoms with E-state index < -0.39 is 5.51 Å². The van der Waals surface area contributed by atoms with Gasteiger partial charge in [0, 0.05) is 5.75 Å². The second kappa shape index (κ2) is 7.49. The van der Waals surface area contributed by atoms with Crippen molar-refractivity contribution in [1.82, 2.24) is 0 Å². The van der Waals surface area contributed by atoms with Crippen LogP contribution in [0, 0.1) is 0 Å². The number of benzene rings is 1. The molecule has 0 spiro atoms. The lowest BCUT2D eigenvalue weighted by Gasteiger charge is -2.15. The van der Waals surface area contributed by atoms with E-state index in [1.807, 2.05) is 6.07 Å². The highest BCUT2D eigenvalue weighted by molar-refractivity contribution is 8.00. The monoisotopic (exact) mass is 295 g/mol. The van der Waals surface area contributed by atoms with E-state index in [-0.39, 0.29) is 24.1 Å². The molecule has 1 rings (SSSR count). The SMILES string of the molecule is COc1cccc(CCN)c1OCCSC(F)(F)F. The van der Waals surface area contributed by atoms with Gasteiger partial charge in [-0.3, -0.25) is 0 Å². The Bertz CT molecular complexity index is 399. The molecule has 0 amide bonds. The summed E-state index contributed by atoms with van der Waals surface area (Å²) in [7, 11) is 1.49. The van der Waals surface area contributed by atoms with Gasteiger partial charge in [0.1, 0.15) is 0 Å². The van der Waals surface area contributed by atoms with Crippen LogP contribution in [0.1, 0.15) is 5.56 Å².